The number of nitrogens with one attached hydrogen (secondary N) is 1. The fourth-order valence-corrected chi connectivity index (χ4v) is 2.26. The molecular weight excluding hydrogens is 248 g/mol. The lowest BCUT2D eigenvalue weighted by molar-refractivity contribution is -0.143. The van der Waals surface area contributed by atoms with E-state index in [0.717, 1.165) is 11.3 Å². The van der Waals surface area contributed by atoms with E-state index in [-0.39, 0.29) is 12.3 Å². The molecule has 2 rings (SSSR count). The first-order valence-electron chi connectivity index (χ1n) is 6.20. The number of aliphatic carboxylic acids is 1. The Balaban J connectivity index is 2.13. The number of carboxylic acid groups (broad SMARTS) is 1. The van der Waals surface area contributed by atoms with Crippen LogP contribution in [0.2, 0.25) is 0 Å². The summed E-state index contributed by atoms with van der Waals surface area (Å²) in [5, 5.41) is 15.8. The molecule has 7 nitrogen and oxygen atoms in total. The average Bonchev–Trinajstić information content (AvgIpc) is 2.65. The smallest absolute Gasteiger partial charge is 0.305 e. The number of amides is 1. The summed E-state index contributed by atoms with van der Waals surface area (Å²) in [6, 6.07) is -0.606. The van der Waals surface area contributed by atoms with Gasteiger partial charge in [0.05, 0.1) is 12.6 Å². The standard InChI is InChI=1S/C12H18N4O3/c1-8-9(6-14-15(8)2)7-16-4-3-13-12(19)10(16)5-11(17)18/h6,10H,3-5,7H2,1-2H3,(H,13,19)(H,17,18). The van der Waals surface area contributed by atoms with Gasteiger partial charge >= 0.3 is 5.97 Å². The minimum atomic E-state index is -0.963. The van der Waals surface area contributed by atoms with Gasteiger partial charge in [-0.15, -0.1) is 0 Å². The summed E-state index contributed by atoms with van der Waals surface area (Å²) < 4.78 is 1.77. The van der Waals surface area contributed by atoms with Gasteiger partial charge in [0.1, 0.15) is 6.04 Å². The highest BCUT2D eigenvalue weighted by Gasteiger charge is 2.31. The summed E-state index contributed by atoms with van der Waals surface area (Å²) in [4.78, 5) is 24.5. The van der Waals surface area contributed by atoms with Gasteiger partial charge in [-0.05, 0) is 6.92 Å². The van der Waals surface area contributed by atoms with E-state index in [1.54, 1.807) is 10.9 Å². The molecule has 7 heteroatoms. The second-order valence-electron chi connectivity index (χ2n) is 4.75. The van der Waals surface area contributed by atoms with E-state index in [1.165, 1.54) is 0 Å². The number of carbonyl (C=O) groups is 2. The molecule has 1 aromatic rings. The Morgan fingerprint density at radius 1 is 1.63 bits per heavy atom. The van der Waals surface area contributed by atoms with Crippen molar-refractivity contribution < 1.29 is 14.7 Å². The Morgan fingerprint density at radius 2 is 2.37 bits per heavy atom. The lowest BCUT2D eigenvalue weighted by atomic mass is 10.1. The van der Waals surface area contributed by atoms with E-state index >= 15 is 0 Å². The zero-order valence-corrected chi connectivity index (χ0v) is 11.1. The molecule has 2 N–H and O–H groups in total. The third kappa shape index (κ3) is 2.93. The Kier molecular flexibility index (Phi) is 3.84. The number of carboxylic acids is 1. The van der Waals surface area contributed by atoms with Crippen molar-refractivity contribution >= 4 is 11.9 Å². The predicted molar refractivity (Wildman–Crippen MR) is 67.4 cm³/mol. The molecule has 1 aliphatic heterocycles. The average molecular weight is 266 g/mol. The van der Waals surface area contributed by atoms with Crippen LogP contribution in [0.15, 0.2) is 6.20 Å². The maximum Gasteiger partial charge on any atom is 0.305 e. The van der Waals surface area contributed by atoms with Gasteiger partial charge in [-0.25, -0.2) is 0 Å². The fourth-order valence-electron chi connectivity index (χ4n) is 2.26. The van der Waals surface area contributed by atoms with Crippen molar-refractivity contribution in [2.75, 3.05) is 13.1 Å². The highest BCUT2D eigenvalue weighted by Crippen LogP contribution is 2.15. The molecule has 0 radical (unpaired) electrons. The molecule has 1 amide bonds. The number of aromatic nitrogens is 2. The molecule has 1 aliphatic rings. The normalized spacial score (nSPS) is 20.3. The second-order valence-corrected chi connectivity index (χ2v) is 4.75. The number of carbonyl (C=O) groups excluding carboxylic acids is 1. The van der Waals surface area contributed by atoms with Crippen LogP contribution in [0.1, 0.15) is 17.7 Å². The summed E-state index contributed by atoms with van der Waals surface area (Å²) >= 11 is 0. The highest BCUT2D eigenvalue weighted by atomic mass is 16.4. The first-order valence-corrected chi connectivity index (χ1v) is 6.20. The van der Waals surface area contributed by atoms with Gasteiger partial charge in [0, 0.05) is 37.9 Å². The van der Waals surface area contributed by atoms with Crippen molar-refractivity contribution in [3.8, 4) is 0 Å². The summed E-state index contributed by atoms with van der Waals surface area (Å²) in [5.74, 6) is -1.18. The number of hydrogen-bond donors (Lipinski definition) is 2. The minimum Gasteiger partial charge on any atom is -0.481 e. The Labute approximate surface area is 111 Å². The second kappa shape index (κ2) is 5.40. The quantitative estimate of drug-likeness (QED) is 0.767. The zero-order chi connectivity index (χ0) is 14.0. The minimum absolute atomic E-state index is 0.175. The van der Waals surface area contributed by atoms with Crippen molar-refractivity contribution in [2.45, 2.75) is 25.9 Å². The third-order valence-corrected chi connectivity index (χ3v) is 3.52. The monoisotopic (exact) mass is 266 g/mol. The Hall–Kier alpha value is -1.89. The van der Waals surface area contributed by atoms with Gasteiger partial charge in [0.2, 0.25) is 5.91 Å². The zero-order valence-electron chi connectivity index (χ0n) is 11.1. The molecule has 1 unspecified atom stereocenters. The van der Waals surface area contributed by atoms with Crippen molar-refractivity contribution in [2.24, 2.45) is 7.05 Å². The SMILES string of the molecule is Cc1c(CN2CCNC(=O)C2CC(=O)O)cnn1C. The largest absolute Gasteiger partial charge is 0.481 e. The third-order valence-electron chi connectivity index (χ3n) is 3.52. The van der Waals surface area contributed by atoms with Crippen LogP contribution in [0.4, 0.5) is 0 Å². The molecule has 0 aliphatic carbocycles. The van der Waals surface area contributed by atoms with Crippen LogP contribution < -0.4 is 5.32 Å². The highest BCUT2D eigenvalue weighted by molar-refractivity contribution is 5.86. The van der Waals surface area contributed by atoms with Gasteiger partial charge in [-0.1, -0.05) is 0 Å². The van der Waals surface area contributed by atoms with E-state index < -0.39 is 12.0 Å². The van der Waals surface area contributed by atoms with Crippen LogP contribution in [0.3, 0.4) is 0 Å². The van der Waals surface area contributed by atoms with Crippen LogP contribution in [0.5, 0.6) is 0 Å². The molecule has 104 valence electrons. The number of rotatable bonds is 4. The molecule has 0 saturated carbocycles. The first-order chi connectivity index (χ1) is 8.99. The summed E-state index contributed by atoms with van der Waals surface area (Å²) in [7, 11) is 1.86. The fraction of sp³-hybridized carbons (Fsp3) is 0.583. The molecular formula is C12H18N4O3. The molecule has 1 fully saturated rings. The number of aryl methyl sites for hydroxylation is 1. The van der Waals surface area contributed by atoms with Gasteiger partial charge in [-0.3, -0.25) is 19.2 Å². The van der Waals surface area contributed by atoms with Crippen molar-refractivity contribution in [1.29, 1.82) is 0 Å². The molecule has 2 heterocycles. The van der Waals surface area contributed by atoms with Crippen molar-refractivity contribution in [3.05, 3.63) is 17.5 Å². The van der Waals surface area contributed by atoms with Crippen molar-refractivity contribution in [3.63, 3.8) is 0 Å². The number of nitrogens with zero attached hydrogens (tertiary/aromatic N) is 3. The molecule has 19 heavy (non-hydrogen) atoms. The topological polar surface area (TPSA) is 87.5 Å². The lowest BCUT2D eigenvalue weighted by Crippen LogP contribution is -2.55. The van der Waals surface area contributed by atoms with Crippen LogP contribution in [0.25, 0.3) is 0 Å². The molecule has 0 bridgehead atoms. The molecule has 1 atom stereocenters. The van der Waals surface area contributed by atoms with Crippen LogP contribution in [-0.2, 0) is 23.2 Å². The lowest BCUT2D eigenvalue weighted by Gasteiger charge is -2.34. The summed E-state index contributed by atoms with van der Waals surface area (Å²) in [6.07, 6.45) is 1.59. The Morgan fingerprint density at radius 3 is 2.95 bits per heavy atom. The molecule has 1 aromatic heterocycles. The molecule has 1 saturated heterocycles. The summed E-state index contributed by atoms with van der Waals surface area (Å²) in [5.41, 5.74) is 2.05. The van der Waals surface area contributed by atoms with E-state index in [9.17, 15) is 9.59 Å². The van der Waals surface area contributed by atoms with E-state index in [1.807, 2.05) is 18.9 Å². The maximum atomic E-state index is 11.8. The van der Waals surface area contributed by atoms with Crippen molar-refractivity contribution in [1.82, 2.24) is 20.0 Å². The van der Waals surface area contributed by atoms with E-state index in [4.69, 9.17) is 5.11 Å². The van der Waals surface area contributed by atoms with Crippen LogP contribution in [0, 0.1) is 6.92 Å². The summed E-state index contributed by atoms with van der Waals surface area (Å²) in [6.45, 7) is 3.70. The molecule has 0 spiro atoms. The van der Waals surface area contributed by atoms with Gasteiger partial charge in [-0.2, -0.15) is 5.10 Å². The van der Waals surface area contributed by atoms with E-state index in [0.29, 0.717) is 19.6 Å². The first kappa shape index (κ1) is 13.5. The predicted octanol–water partition coefficient (Wildman–Crippen LogP) is -0.496. The van der Waals surface area contributed by atoms with Crippen LogP contribution >= 0.6 is 0 Å². The Bertz CT molecular complexity index is 497. The molecule has 0 aromatic carbocycles. The maximum absolute atomic E-state index is 11.8. The van der Waals surface area contributed by atoms with Gasteiger partial charge < -0.3 is 10.4 Å². The van der Waals surface area contributed by atoms with Gasteiger partial charge in [0.15, 0.2) is 0 Å². The number of piperazine rings is 1. The van der Waals surface area contributed by atoms with E-state index in [2.05, 4.69) is 10.4 Å². The van der Waals surface area contributed by atoms with Crippen LogP contribution in [-0.4, -0.2) is 50.8 Å². The number of hydrogen-bond acceptors (Lipinski definition) is 4. The van der Waals surface area contributed by atoms with Gasteiger partial charge in [0.25, 0.3) is 0 Å².